The molecule has 1 saturated heterocycles. The average Bonchev–Trinajstić information content (AvgIpc) is 3.29. The highest BCUT2D eigenvalue weighted by Crippen LogP contribution is 2.34. The third-order valence-electron chi connectivity index (χ3n) is 3.97. The third kappa shape index (κ3) is 4.08. The molecule has 0 aliphatic carbocycles. The molecule has 0 spiro atoms. The SMILES string of the molecule is O=C(/C=C\C(=O)N1CCC[C@H]1c1cccs1)NCc1cccnc1. The maximum absolute atomic E-state index is 12.4. The number of nitrogens with zero attached hydrogens (tertiary/aromatic N) is 2. The smallest absolute Gasteiger partial charge is 0.247 e. The summed E-state index contributed by atoms with van der Waals surface area (Å²) in [4.78, 5) is 31.3. The molecule has 3 rings (SSSR count). The van der Waals surface area contributed by atoms with Crippen LogP contribution in [-0.4, -0.2) is 28.2 Å². The lowest BCUT2D eigenvalue weighted by Crippen LogP contribution is -2.29. The van der Waals surface area contributed by atoms with E-state index in [1.807, 2.05) is 28.5 Å². The predicted molar refractivity (Wildman–Crippen MR) is 93.2 cm³/mol. The lowest BCUT2D eigenvalue weighted by atomic mass is 10.2. The Labute approximate surface area is 145 Å². The van der Waals surface area contributed by atoms with Crippen molar-refractivity contribution in [2.75, 3.05) is 6.54 Å². The highest BCUT2D eigenvalue weighted by molar-refractivity contribution is 7.10. The third-order valence-corrected chi connectivity index (χ3v) is 4.95. The zero-order valence-electron chi connectivity index (χ0n) is 13.2. The number of rotatable bonds is 5. The number of likely N-dealkylation sites (tertiary alicyclic amines) is 1. The highest BCUT2D eigenvalue weighted by Gasteiger charge is 2.29. The Hall–Kier alpha value is -2.47. The van der Waals surface area contributed by atoms with Crippen LogP contribution < -0.4 is 5.32 Å². The molecular formula is C18H19N3O2S. The molecular weight excluding hydrogens is 322 g/mol. The first-order valence-corrected chi connectivity index (χ1v) is 8.81. The molecule has 1 aliphatic heterocycles. The molecule has 3 heterocycles. The Morgan fingerprint density at radius 1 is 1.33 bits per heavy atom. The van der Waals surface area contributed by atoms with E-state index in [9.17, 15) is 9.59 Å². The maximum atomic E-state index is 12.4. The molecule has 124 valence electrons. The Balaban J connectivity index is 1.53. The van der Waals surface area contributed by atoms with E-state index in [0.717, 1.165) is 24.9 Å². The lowest BCUT2D eigenvalue weighted by molar-refractivity contribution is -0.127. The maximum Gasteiger partial charge on any atom is 0.247 e. The Morgan fingerprint density at radius 3 is 3.00 bits per heavy atom. The van der Waals surface area contributed by atoms with E-state index in [1.165, 1.54) is 17.0 Å². The van der Waals surface area contributed by atoms with Crippen molar-refractivity contribution in [3.63, 3.8) is 0 Å². The van der Waals surface area contributed by atoms with Crippen LogP contribution in [0.4, 0.5) is 0 Å². The number of pyridine rings is 1. The van der Waals surface area contributed by atoms with Gasteiger partial charge in [-0.25, -0.2) is 0 Å². The van der Waals surface area contributed by atoms with E-state index in [0.29, 0.717) is 6.54 Å². The van der Waals surface area contributed by atoms with Crippen LogP contribution in [0.1, 0.15) is 29.3 Å². The molecule has 5 nitrogen and oxygen atoms in total. The number of nitrogens with one attached hydrogen (secondary N) is 1. The summed E-state index contributed by atoms with van der Waals surface area (Å²) in [6, 6.07) is 7.91. The first kappa shape index (κ1) is 16.4. The minimum atomic E-state index is -0.279. The zero-order chi connectivity index (χ0) is 16.8. The van der Waals surface area contributed by atoms with Crippen molar-refractivity contribution in [3.8, 4) is 0 Å². The molecule has 1 fully saturated rings. The summed E-state index contributed by atoms with van der Waals surface area (Å²) < 4.78 is 0. The van der Waals surface area contributed by atoms with E-state index >= 15 is 0 Å². The minimum Gasteiger partial charge on any atom is -0.348 e. The van der Waals surface area contributed by atoms with Crippen LogP contribution in [0.15, 0.2) is 54.2 Å². The van der Waals surface area contributed by atoms with Crippen LogP contribution in [0.25, 0.3) is 0 Å². The summed E-state index contributed by atoms with van der Waals surface area (Å²) in [6.07, 6.45) is 8.03. The fourth-order valence-corrected chi connectivity index (χ4v) is 3.67. The van der Waals surface area contributed by atoms with Crippen LogP contribution in [0, 0.1) is 0 Å². The van der Waals surface area contributed by atoms with E-state index in [1.54, 1.807) is 23.7 Å². The van der Waals surface area contributed by atoms with Gasteiger partial charge in [-0.3, -0.25) is 14.6 Å². The van der Waals surface area contributed by atoms with Crippen molar-refractivity contribution in [1.82, 2.24) is 15.2 Å². The summed E-state index contributed by atoms with van der Waals surface area (Å²) in [5.41, 5.74) is 0.919. The summed E-state index contributed by atoms with van der Waals surface area (Å²) in [5, 5.41) is 4.78. The van der Waals surface area contributed by atoms with Crippen LogP contribution >= 0.6 is 11.3 Å². The molecule has 24 heavy (non-hydrogen) atoms. The fraction of sp³-hybridized carbons (Fsp3) is 0.278. The van der Waals surface area contributed by atoms with Gasteiger partial charge < -0.3 is 10.2 Å². The summed E-state index contributed by atoms with van der Waals surface area (Å²) in [7, 11) is 0. The number of carbonyl (C=O) groups is 2. The monoisotopic (exact) mass is 341 g/mol. The molecule has 1 aliphatic rings. The zero-order valence-corrected chi connectivity index (χ0v) is 14.0. The van der Waals surface area contributed by atoms with Crippen molar-refractivity contribution in [3.05, 3.63) is 64.6 Å². The van der Waals surface area contributed by atoms with Gasteiger partial charge in [-0.15, -0.1) is 11.3 Å². The summed E-state index contributed by atoms with van der Waals surface area (Å²) in [6.45, 7) is 1.13. The number of aromatic nitrogens is 1. The fourth-order valence-electron chi connectivity index (χ4n) is 2.80. The van der Waals surface area contributed by atoms with Crippen molar-refractivity contribution in [1.29, 1.82) is 0 Å². The normalized spacial score (nSPS) is 17.3. The van der Waals surface area contributed by atoms with Gasteiger partial charge >= 0.3 is 0 Å². The molecule has 0 radical (unpaired) electrons. The number of carbonyl (C=O) groups excluding carboxylic acids is 2. The van der Waals surface area contributed by atoms with Gasteiger partial charge in [0, 0.05) is 42.5 Å². The number of amides is 2. The second-order valence-electron chi connectivity index (χ2n) is 5.62. The Morgan fingerprint density at radius 2 is 2.25 bits per heavy atom. The summed E-state index contributed by atoms with van der Waals surface area (Å²) >= 11 is 1.67. The molecule has 1 atom stereocenters. The molecule has 2 aromatic heterocycles. The molecule has 0 bridgehead atoms. The van der Waals surface area contributed by atoms with Crippen LogP contribution in [-0.2, 0) is 16.1 Å². The van der Waals surface area contributed by atoms with Gasteiger partial charge in [0.2, 0.25) is 11.8 Å². The Bertz CT molecular complexity index is 713. The van der Waals surface area contributed by atoms with Gasteiger partial charge in [0.1, 0.15) is 0 Å². The van der Waals surface area contributed by atoms with E-state index in [4.69, 9.17) is 0 Å². The molecule has 1 N–H and O–H groups in total. The quantitative estimate of drug-likeness (QED) is 0.851. The van der Waals surface area contributed by atoms with Crippen molar-refractivity contribution in [2.24, 2.45) is 0 Å². The molecule has 2 amide bonds. The van der Waals surface area contributed by atoms with Crippen molar-refractivity contribution >= 4 is 23.2 Å². The second-order valence-corrected chi connectivity index (χ2v) is 6.60. The van der Waals surface area contributed by atoms with Gasteiger partial charge in [-0.2, -0.15) is 0 Å². The average molecular weight is 341 g/mol. The Kier molecular flexibility index (Phi) is 5.38. The van der Waals surface area contributed by atoms with Gasteiger partial charge in [-0.1, -0.05) is 12.1 Å². The predicted octanol–water partition coefficient (Wildman–Crippen LogP) is 2.68. The van der Waals surface area contributed by atoms with Crippen molar-refractivity contribution in [2.45, 2.75) is 25.4 Å². The summed E-state index contributed by atoms with van der Waals surface area (Å²) in [5.74, 6) is -0.387. The van der Waals surface area contributed by atoms with Crippen LogP contribution in [0.3, 0.4) is 0 Å². The molecule has 0 aromatic carbocycles. The van der Waals surface area contributed by atoms with E-state index in [-0.39, 0.29) is 17.9 Å². The van der Waals surface area contributed by atoms with Gasteiger partial charge in [-0.05, 0) is 35.9 Å². The molecule has 6 heteroatoms. The second kappa shape index (κ2) is 7.88. The van der Waals surface area contributed by atoms with Crippen LogP contribution in [0.2, 0.25) is 0 Å². The number of thiophene rings is 1. The number of hydrogen-bond donors (Lipinski definition) is 1. The lowest BCUT2D eigenvalue weighted by Gasteiger charge is -2.22. The van der Waals surface area contributed by atoms with Crippen LogP contribution in [0.5, 0.6) is 0 Å². The molecule has 0 unspecified atom stereocenters. The molecule has 0 saturated carbocycles. The van der Waals surface area contributed by atoms with Gasteiger partial charge in [0.05, 0.1) is 6.04 Å². The topological polar surface area (TPSA) is 62.3 Å². The first-order chi connectivity index (χ1) is 11.7. The van der Waals surface area contributed by atoms with E-state index < -0.39 is 0 Å². The van der Waals surface area contributed by atoms with E-state index in [2.05, 4.69) is 16.4 Å². The largest absolute Gasteiger partial charge is 0.348 e. The first-order valence-electron chi connectivity index (χ1n) is 7.93. The minimum absolute atomic E-state index is 0.109. The van der Waals surface area contributed by atoms with Gasteiger partial charge in [0.25, 0.3) is 0 Å². The highest BCUT2D eigenvalue weighted by atomic mass is 32.1. The standard InChI is InChI=1S/C18H19N3O2S/c22-17(20-13-14-4-1-9-19-12-14)7-8-18(23)21-10-2-5-15(21)16-6-3-11-24-16/h1,3-4,6-9,11-12,15H,2,5,10,13H2,(H,20,22)/b8-7-/t15-/m0/s1. The van der Waals surface area contributed by atoms with Crippen molar-refractivity contribution < 1.29 is 9.59 Å². The van der Waals surface area contributed by atoms with Gasteiger partial charge in [0.15, 0.2) is 0 Å². The number of hydrogen-bond acceptors (Lipinski definition) is 4. The molecule has 2 aromatic rings.